The fourth-order valence-corrected chi connectivity index (χ4v) is 5.08. The van der Waals surface area contributed by atoms with Gasteiger partial charge in [-0.05, 0) is 56.4 Å². The maximum Gasteiger partial charge on any atom is 0.225 e. The maximum atomic E-state index is 12.8. The topological polar surface area (TPSA) is 48.0 Å². The Balaban J connectivity index is 1.19. The Kier molecular flexibility index (Phi) is 7.22. The van der Waals surface area contributed by atoms with Gasteiger partial charge in [-0.2, -0.15) is 0 Å². The zero-order chi connectivity index (χ0) is 19.9. The third-order valence-corrected chi connectivity index (χ3v) is 6.93. The average Bonchev–Trinajstić information content (AvgIpc) is 2.78. The van der Waals surface area contributed by atoms with Crippen LogP contribution in [-0.4, -0.2) is 55.9 Å². The summed E-state index contributed by atoms with van der Waals surface area (Å²) in [5.74, 6) is 1.17. The molecule has 1 spiro atoms. The lowest BCUT2D eigenvalue weighted by molar-refractivity contribution is -0.153. The van der Waals surface area contributed by atoms with Crippen LogP contribution in [0.15, 0.2) is 30.3 Å². The van der Waals surface area contributed by atoms with Crippen molar-refractivity contribution in [1.82, 2.24) is 4.90 Å². The molecule has 1 aromatic carbocycles. The first kappa shape index (κ1) is 20.8. The van der Waals surface area contributed by atoms with Crippen molar-refractivity contribution in [2.45, 2.75) is 57.2 Å². The summed E-state index contributed by atoms with van der Waals surface area (Å²) in [5.41, 5.74) is 1.21. The SMILES string of the molecule is O=C(C1CCOCC1)N1CCC2(CC1)CC(CCOCc1ccccc1)CCO2. The normalized spacial score (nSPS) is 25.2. The van der Waals surface area contributed by atoms with Gasteiger partial charge in [-0.25, -0.2) is 0 Å². The molecule has 160 valence electrons. The van der Waals surface area contributed by atoms with E-state index in [1.54, 1.807) is 0 Å². The van der Waals surface area contributed by atoms with Crippen molar-refractivity contribution in [3.63, 3.8) is 0 Å². The van der Waals surface area contributed by atoms with Gasteiger partial charge in [0.15, 0.2) is 0 Å². The third-order valence-electron chi connectivity index (χ3n) is 6.93. The minimum atomic E-state index is -0.0190. The van der Waals surface area contributed by atoms with Gasteiger partial charge in [-0.15, -0.1) is 0 Å². The highest BCUT2D eigenvalue weighted by atomic mass is 16.5. The molecule has 0 N–H and O–H groups in total. The molecule has 1 aromatic rings. The smallest absolute Gasteiger partial charge is 0.225 e. The Hall–Kier alpha value is -1.43. The predicted molar refractivity (Wildman–Crippen MR) is 111 cm³/mol. The summed E-state index contributed by atoms with van der Waals surface area (Å²) in [5, 5.41) is 0. The van der Waals surface area contributed by atoms with Crippen molar-refractivity contribution < 1.29 is 19.0 Å². The number of nitrogens with zero attached hydrogens (tertiary/aromatic N) is 1. The fraction of sp³-hybridized carbons (Fsp3) is 0.708. The molecule has 4 rings (SSSR count). The summed E-state index contributed by atoms with van der Waals surface area (Å²) >= 11 is 0. The van der Waals surface area contributed by atoms with Crippen LogP contribution in [0, 0.1) is 11.8 Å². The highest BCUT2D eigenvalue weighted by Gasteiger charge is 2.41. The zero-order valence-corrected chi connectivity index (χ0v) is 17.5. The van der Waals surface area contributed by atoms with E-state index in [1.165, 1.54) is 5.56 Å². The van der Waals surface area contributed by atoms with Crippen LogP contribution in [0.2, 0.25) is 0 Å². The Labute approximate surface area is 174 Å². The molecule has 0 aromatic heterocycles. The van der Waals surface area contributed by atoms with Crippen LogP contribution in [0.3, 0.4) is 0 Å². The summed E-state index contributed by atoms with van der Waals surface area (Å²) in [6.07, 6.45) is 7.04. The van der Waals surface area contributed by atoms with Crippen molar-refractivity contribution in [2.75, 3.05) is 39.5 Å². The Morgan fingerprint density at radius 3 is 2.59 bits per heavy atom. The standard InChI is InChI=1S/C24H35NO4/c26-23(22-8-15-27-16-9-22)25-12-10-24(11-13-25)18-20(7-17-29-24)6-14-28-19-21-4-2-1-3-5-21/h1-5,20,22H,6-19H2. The lowest BCUT2D eigenvalue weighted by Gasteiger charge is -2.47. The highest BCUT2D eigenvalue weighted by Crippen LogP contribution is 2.39. The quantitative estimate of drug-likeness (QED) is 0.680. The van der Waals surface area contributed by atoms with Crippen LogP contribution < -0.4 is 0 Å². The molecule has 0 aliphatic carbocycles. The Morgan fingerprint density at radius 2 is 1.83 bits per heavy atom. The van der Waals surface area contributed by atoms with Crippen molar-refractivity contribution in [2.24, 2.45) is 11.8 Å². The molecule has 3 heterocycles. The van der Waals surface area contributed by atoms with Gasteiger partial charge in [-0.1, -0.05) is 30.3 Å². The molecule has 0 radical (unpaired) electrons. The van der Waals surface area contributed by atoms with Crippen molar-refractivity contribution >= 4 is 5.91 Å². The summed E-state index contributed by atoms with van der Waals surface area (Å²) in [6, 6.07) is 10.4. The van der Waals surface area contributed by atoms with Crippen LogP contribution in [0.4, 0.5) is 0 Å². The summed E-state index contributed by atoms with van der Waals surface area (Å²) in [4.78, 5) is 14.9. The average molecular weight is 402 g/mol. The van der Waals surface area contributed by atoms with Crippen molar-refractivity contribution in [3.8, 4) is 0 Å². The molecule has 29 heavy (non-hydrogen) atoms. The highest BCUT2D eigenvalue weighted by molar-refractivity contribution is 5.79. The molecule has 3 aliphatic rings. The molecular weight excluding hydrogens is 366 g/mol. The first-order chi connectivity index (χ1) is 14.2. The number of piperidine rings is 1. The maximum absolute atomic E-state index is 12.8. The van der Waals surface area contributed by atoms with E-state index in [1.807, 2.05) is 6.07 Å². The fourth-order valence-electron chi connectivity index (χ4n) is 5.08. The number of benzene rings is 1. The van der Waals surface area contributed by atoms with Gasteiger partial charge < -0.3 is 19.1 Å². The number of amides is 1. The van der Waals surface area contributed by atoms with Gasteiger partial charge >= 0.3 is 0 Å². The van der Waals surface area contributed by atoms with Crippen molar-refractivity contribution in [3.05, 3.63) is 35.9 Å². The monoisotopic (exact) mass is 401 g/mol. The van der Waals surface area contributed by atoms with E-state index in [0.717, 1.165) is 84.5 Å². The molecule has 5 heteroatoms. The second kappa shape index (κ2) is 10.1. The largest absolute Gasteiger partial charge is 0.381 e. The van der Waals surface area contributed by atoms with Gasteiger partial charge in [0.25, 0.3) is 0 Å². The molecule has 3 fully saturated rings. The van der Waals surface area contributed by atoms with E-state index in [4.69, 9.17) is 14.2 Å². The first-order valence-corrected chi connectivity index (χ1v) is 11.4. The lowest BCUT2D eigenvalue weighted by atomic mass is 9.78. The van der Waals surface area contributed by atoms with Crippen LogP contribution in [-0.2, 0) is 25.6 Å². The number of likely N-dealkylation sites (tertiary alicyclic amines) is 1. The second-order valence-electron chi connectivity index (χ2n) is 8.93. The summed E-state index contributed by atoms with van der Waals surface area (Å²) in [6.45, 7) is 5.48. The number of ether oxygens (including phenoxy) is 3. The molecule has 5 nitrogen and oxygen atoms in total. The van der Waals surface area contributed by atoms with Gasteiger partial charge in [0.05, 0.1) is 12.2 Å². The minimum Gasteiger partial charge on any atom is -0.381 e. The van der Waals surface area contributed by atoms with E-state index in [2.05, 4.69) is 29.2 Å². The van der Waals surface area contributed by atoms with E-state index >= 15 is 0 Å². The number of carbonyl (C=O) groups excluding carboxylic acids is 1. The van der Waals surface area contributed by atoms with Gasteiger partial charge in [0, 0.05) is 45.4 Å². The molecular formula is C24H35NO4. The molecule has 1 amide bonds. The van der Waals surface area contributed by atoms with Crippen LogP contribution in [0.25, 0.3) is 0 Å². The summed E-state index contributed by atoms with van der Waals surface area (Å²) < 4.78 is 17.6. The van der Waals surface area contributed by atoms with E-state index in [-0.39, 0.29) is 11.5 Å². The zero-order valence-electron chi connectivity index (χ0n) is 17.5. The Morgan fingerprint density at radius 1 is 1.07 bits per heavy atom. The van der Waals surface area contributed by atoms with Crippen LogP contribution in [0.1, 0.15) is 50.5 Å². The second-order valence-corrected chi connectivity index (χ2v) is 8.93. The molecule has 3 saturated heterocycles. The van der Waals surface area contributed by atoms with Crippen LogP contribution in [0.5, 0.6) is 0 Å². The predicted octanol–water partition coefficient (Wildman–Crippen LogP) is 3.81. The summed E-state index contributed by atoms with van der Waals surface area (Å²) in [7, 11) is 0. The number of rotatable bonds is 6. The molecule has 0 saturated carbocycles. The lowest BCUT2D eigenvalue weighted by Crippen LogP contribution is -2.52. The first-order valence-electron chi connectivity index (χ1n) is 11.4. The molecule has 0 bridgehead atoms. The van der Waals surface area contributed by atoms with Gasteiger partial charge in [-0.3, -0.25) is 4.79 Å². The number of carbonyl (C=O) groups is 1. The number of hydrogen-bond donors (Lipinski definition) is 0. The number of hydrogen-bond acceptors (Lipinski definition) is 4. The van der Waals surface area contributed by atoms with E-state index in [0.29, 0.717) is 18.4 Å². The molecule has 1 unspecified atom stereocenters. The third kappa shape index (κ3) is 5.59. The minimum absolute atomic E-state index is 0.0190. The van der Waals surface area contributed by atoms with E-state index < -0.39 is 0 Å². The molecule has 3 aliphatic heterocycles. The van der Waals surface area contributed by atoms with Crippen LogP contribution >= 0.6 is 0 Å². The molecule has 1 atom stereocenters. The van der Waals surface area contributed by atoms with Gasteiger partial charge in [0.2, 0.25) is 5.91 Å². The van der Waals surface area contributed by atoms with E-state index in [9.17, 15) is 4.79 Å². The van der Waals surface area contributed by atoms with Gasteiger partial charge in [0.1, 0.15) is 0 Å². The van der Waals surface area contributed by atoms with Crippen molar-refractivity contribution in [1.29, 1.82) is 0 Å². The Bertz CT molecular complexity index is 636.